The maximum Gasteiger partial charge on any atom is 0.340 e. The number of aliphatic imine (C=N–C) groups is 1. The second kappa shape index (κ2) is 8.77. The van der Waals surface area contributed by atoms with Gasteiger partial charge in [0.1, 0.15) is 5.82 Å². The van der Waals surface area contributed by atoms with Gasteiger partial charge in [0.2, 0.25) is 5.90 Å². The summed E-state index contributed by atoms with van der Waals surface area (Å²) in [5.74, 6) is -2.00. The second-order valence-electron chi connectivity index (χ2n) is 7.91. The standard InChI is InChI=1S/C24H20FNO6S2/c1-24(23(27)32-22(26-24)19-14-8-9-15-20(19)25)16-21(33(28,29)17-10-4-2-5-11-17)34(30,31)18-12-6-3-7-13-18/h2-15,21H,16H2,1H3/t24-/m1/s1. The summed E-state index contributed by atoms with van der Waals surface area (Å²) in [6.07, 6.45) is -0.724. The summed E-state index contributed by atoms with van der Waals surface area (Å²) in [5.41, 5.74) is -1.97. The number of ether oxygens (including phenoxy) is 1. The Morgan fingerprint density at radius 1 is 0.824 bits per heavy atom. The van der Waals surface area contributed by atoms with Gasteiger partial charge in [0.25, 0.3) is 0 Å². The van der Waals surface area contributed by atoms with Gasteiger partial charge in [-0.2, -0.15) is 0 Å². The van der Waals surface area contributed by atoms with Gasteiger partial charge in [-0.25, -0.2) is 31.0 Å². The van der Waals surface area contributed by atoms with Gasteiger partial charge in [-0.1, -0.05) is 48.5 Å². The molecule has 0 N–H and O–H groups in total. The van der Waals surface area contributed by atoms with Gasteiger partial charge in [0.05, 0.1) is 15.4 Å². The van der Waals surface area contributed by atoms with E-state index in [1.54, 1.807) is 12.1 Å². The third kappa shape index (κ3) is 4.26. The monoisotopic (exact) mass is 501 g/mol. The van der Waals surface area contributed by atoms with Crippen LogP contribution in [0.2, 0.25) is 0 Å². The number of hydrogen-bond donors (Lipinski definition) is 0. The van der Waals surface area contributed by atoms with Crippen LogP contribution in [0.4, 0.5) is 4.39 Å². The van der Waals surface area contributed by atoms with Crippen molar-refractivity contribution < 1.29 is 30.8 Å². The van der Waals surface area contributed by atoms with Crippen molar-refractivity contribution in [3.63, 3.8) is 0 Å². The molecule has 0 unspecified atom stereocenters. The molecule has 0 fully saturated rings. The molecule has 1 atom stereocenters. The van der Waals surface area contributed by atoms with Crippen molar-refractivity contribution in [2.24, 2.45) is 4.99 Å². The lowest BCUT2D eigenvalue weighted by Gasteiger charge is -2.24. The fourth-order valence-corrected chi connectivity index (χ4v) is 8.37. The normalized spacial score (nSPS) is 18.6. The zero-order valence-electron chi connectivity index (χ0n) is 18.0. The van der Waals surface area contributed by atoms with Crippen LogP contribution in [0.3, 0.4) is 0 Å². The minimum absolute atomic E-state index is 0.0899. The number of hydrogen-bond acceptors (Lipinski definition) is 7. The predicted octanol–water partition coefficient (Wildman–Crippen LogP) is 3.55. The number of rotatable bonds is 7. The highest BCUT2D eigenvalue weighted by Crippen LogP contribution is 2.36. The van der Waals surface area contributed by atoms with Crippen LogP contribution in [0, 0.1) is 5.82 Å². The number of carbonyl (C=O) groups excluding carboxylic acids is 1. The van der Waals surface area contributed by atoms with Crippen molar-refractivity contribution in [3.05, 3.63) is 96.3 Å². The highest BCUT2D eigenvalue weighted by molar-refractivity contribution is 8.09. The molecule has 1 aliphatic heterocycles. The van der Waals surface area contributed by atoms with E-state index in [9.17, 15) is 26.0 Å². The topological polar surface area (TPSA) is 107 Å². The number of esters is 1. The Kier molecular flexibility index (Phi) is 6.13. The largest absolute Gasteiger partial charge is 0.405 e. The molecule has 1 aliphatic rings. The molecule has 4 rings (SSSR count). The van der Waals surface area contributed by atoms with Crippen LogP contribution in [-0.2, 0) is 29.2 Å². The first-order valence-corrected chi connectivity index (χ1v) is 13.3. The minimum atomic E-state index is -4.49. The SMILES string of the molecule is C[C@]1(CC(S(=O)(=O)c2ccccc2)S(=O)(=O)c2ccccc2)N=C(c2ccccc2F)OC1=O. The van der Waals surface area contributed by atoms with Crippen LogP contribution in [0.1, 0.15) is 18.9 Å². The van der Waals surface area contributed by atoms with Gasteiger partial charge >= 0.3 is 5.97 Å². The number of nitrogens with zero attached hydrogens (tertiary/aromatic N) is 1. The second-order valence-corrected chi connectivity index (χ2v) is 12.5. The highest BCUT2D eigenvalue weighted by atomic mass is 32.3. The summed E-state index contributed by atoms with van der Waals surface area (Å²) in [6.45, 7) is 1.28. The van der Waals surface area contributed by atoms with Crippen LogP contribution >= 0.6 is 0 Å². The molecule has 3 aromatic carbocycles. The number of sulfone groups is 2. The van der Waals surface area contributed by atoms with Crippen molar-refractivity contribution >= 4 is 31.5 Å². The molecular formula is C24H20FNO6S2. The zero-order valence-corrected chi connectivity index (χ0v) is 19.6. The van der Waals surface area contributed by atoms with Crippen molar-refractivity contribution in [1.29, 1.82) is 0 Å². The molecule has 0 amide bonds. The van der Waals surface area contributed by atoms with Crippen LogP contribution in [0.5, 0.6) is 0 Å². The quantitative estimate of drug-likeness (QED) is 0.458. The fourth-order valence-electron chi connectivity index (χ4n) is 3.60. The van der Waals surface area contributed by atoms with Gasteiger partial charge in [0.15, 0.2) is 29.8 Å². The smallest absolute Gasteiger partial charge is 0.340 e. The van der Waals surface area contributed by atoms with Gasteiger partial charge in [-0.15, -0.1) is 0 Å². The average Bonchev–Trinajstić information content (AvgIpc) is 3.13. The molecular weight excluding hydrogens is 481 g/mol. The van der Waals surface area contributed by atoms with E-state index in [1.807, 2.05) is 0 Å². The van der Waals surface area contributed by atoms with Gasteiger partial charge < -0.3 is 4.74 Å². The number of carbonyl (C=O) groups is 1. The molecule has 176 valence electrons. The summed E-state index contributed by atoms with van der Waals surface area (Å²) in [7, 11) is -8.97. The van der Waals surface area contributed by atoms with Gasteiger partial charge in [-0.3, -0.25) is 0 Å². The first-order valence-electron chi connectivity index (χ1n) is 10.2. The Morgan fingerprint density at radius 3 is 1.79 bits per heavy atom. The summed E-state index contributed by atoms with van der Waals surface area (Å²) >= 11 is 0. The molecule has 0 aliphatic carbocycles. The van der Waals surface area contributed by atoms with Crippen molar-refractivity contribution in [1.82, 2.24) is 0 Å². The number of cyclic esters (lactones) is 1. The van der Waals surface area contributed by atoms with Crippen molar-refractivity contribution in [3.8, 4) is 0 Å². The molecule has 10 heteroatoms. The van der Waals surface area contributed by atoms with E-state index < -0.39 is 48.0 Å². The molecule has 1 heterocycles. The first kappa shape index (κ1) is 23.8. The molecule has 0 bridgehead atoms. The third-order valence-corrected chi connectivity index (χ3v) is 10.6. The van der Waals surface area contributed by atoms with Crippen LogP contribution in [0.15, 0.2) is 99.7 Å². The lowest BCUT2D eigenvalue weighted by molar-refractivity contribution is -0.138. The molecule has 0 aromatic heterocycles. The Hall–Kier alpha value is -3.37. The summed E-state index contributed by atoms with van der Waals surface area (Å²) in [5, 5.41) is 0. The van der Waals surface area contributed by atoms with Gasteiger partial charge in [0, 0.05) is 6.42 Å². The summed E-state index contributed by atoms with van der Waals surface area (Å²) in [4.78, 5) is 16.5. The van der Waals surface area contributed by atoms with E-state index in [0.717, 1.165) is 6.07 Å². The van der Waals surface area contributed by atoms with E-state index in [1.165, 1.54) is 73.7 Å². The Labute approximate surface area is 196 Å². The Bertz CT molecular complexity index is 1400. The fraction of sp³-hybridized carbons (Fsp3) is 0.167. The Balaban J connectivity index is 1.84. The van der Waals surface area contributed by atoms with E-state index in [0.29, 0.717) is 0 Å². The maximum atomic E-state index is 14.2. The van der Waals surface area contributed by atoms with E-state index in [4.69, 9.17) is 4.74 Å². The zero-order chi connectivity index (χ0) is 24.6. The highest BCUT2D eigenvalue weighted by Gasteiger charge is 2.51. The lowest BCUT2D eigenvalue weighted by atomic mass is 10.0. The van der Waals surface area contributed by atoms with Crippen LogP contribution < -0.4 is 0 Å². The van der Waals surface area contributed by atoms with Crippen LogP contribution in [-0.4, -0.2) is 38.8 Å². The minimum Gasteiger partial charge on any atom is -0.405 e. The Morgan fingerprint density at radius 2 is 1.29 bits per heavy atom. The lowest BCUT2D eigenvalue weighted by Crippen LogP contribution is -2.41. The van der Waals surface area contributed by atoms with E-state index in [2.05, 4.69) is 4.99 Å². The van der Waals surface area contributed by atoms with Gasteiger partial charge in [-0.05, 0) is 43.3 Å². The summed E-state index contributed by atoms with van der Waals surface area (Å²) < 4.78 is 71.6. The average molecular weight is 502 g/mol. The van der Waals surface area contributed by atoms with E-state index in [-0.39, 0.29) is 21.3 Å². The molecule has 34 heavy (non-hydrogen) atoms. The first-order chi connectivity index (χ1) is 16.1. The predicted molar refractivity (Wildman–Crippen MR) is 123 cm³/mol. The number of benzene rings is 3. The third-order valence-electron chi connectivity index (χ3n) is 5.48. The van der Waals surface area contributed by atoms with Crippen LogP contribution in [0.25, 0.3) is 0 Å². The molecule has 0 saturated carbocycles. The summed E-state index contributed by atoms with van der Waals surface area (Å²) in [6, 6.07) is 19.7. The number of halogens is 1. The molecule has 0 radical (unpaired) electrons. The van der Waals surface area contributed by atoms with Crippen molar-refractivity contribution in [2.45, 2.75) is 33.3 Å². The van der Waals surface area contributed by atoms with E-state index >= 15 is 0 Å². The molecule has 0 saturated heterocycles. The molecule has 7 nitrogen and oxygen atoms in total. The molecule has 0 spiro atoms. The maximum absolute atomic E-state index is 14.2. The molecule has 3 aromatic rings. The van der Waals surface area contributed by atoms with Crippen molar-refractivity contribution in [2.75, 3.05) is 0 Å².